The van der Waals surface area contributed by atoms with Crippen molar-refractivity contribution >= 4 is 33.1 Å². The number of sulfonamides is 1. The molecule has 3 aromatic heterocycles. The van der Waals surface area contributed by atoms with E-state index < -0.39 is 10.0 Å². The average Bonchev–Trinajstić information content (AvgIpc) is 3.42. The largest absolute Gasteiger partial charge is 0.360 e. The summed E-state index contributed by atoms with van der Waals surface area (Å²) in [6, 6.07) is 3.04. The number of nitrogens with one attached hydrogen (secondary N) is 1. The number of amides is 1. The van der Waals surface area contributed by atoms with Gasteiger partial charge >= 0.3 is 0 Å². The number of carbonyl (C=O) groups excluding carboxylic acids is 1. The molecule has 154 valence electrons. The maximum absolute atomic E-state index is 12.7. The molecule has 0 aromatic carbocycles. The van der Waals surface area contributed by atoms with Crippen LogP contribution in [0, 0.1) is 13.8 Å². The fraction of sp³-hybridized carbons (Fsp3) is 0.389. The van der Waals surface area contributed by atoms with Gasteiger partial charge < -0.3 is 14.0 Å². The zero-order valence-corrected chi connectivity index (χ0v) is 17.9. The monoisotopic (exact) mass is 435 g/mol. The Hall–Kier alpha value is -2.66. The van der Waals surface area contributed by atoms with E-state index >= 15 is 0 Å². The van der Waals surface area contributed by atoms with Crippen LogP contribution in [0.2, 0.25) is 0 Å². The van der Waals surface area contributed by atoms with Crippen LogP contribution in [0.25, 0.3) is 10.7 Å². The van der Waals surface area contributed by atoms with Crippen LogP contribution < -0.4 is 4.72 Å². The summed E-state index contributed by atoms with van der Waals surface area (Å²) in [5.74, 6) is 0.621. The van der Waals surface area contributed by atoms with Crippen LogP contribution >= 0.6 is 11.3 Å². The van der Waals surface area contributed by atoms with Crippen molar-refractivity contribution in [1.82, 2.24) is 19.6 Å². The third-order valence-electron chi connectivity index (χ3n) is 4.76. The predicted octanol–water partition coefficient (Wildman–Crippen LogP) is 2.79. The van der Waals surface area contributed by atoms with E-state index in [1.165, 1.54) is 29.7 Å². The zero-order chi connectivity index (χ0) is 20.8. The number of nitrogens with zero attached hydrogens (tertiary/aromatic N) is 4. The number of carbonyl (C=O) groups is 1. The van der Waals surface area contributed by atoms with Crippen molar-refractivity contribution in [1.29, 1.82) is 0 Å². The van der Waals surface area contributed by atoms with Crippen LogP contribution in [-0.4, -0.2) is 47.0 Å². The smallest absolute Gasteiger partial charge is 0.265 e. The van der Waals surface area contributed by atoms with Gasteiger partial charge in [-0.1, -0.05) is 5.16 Å². The van der Waals surface area contributed by atoms with E-state index in [9.17, 15) is 13.2 Å². The Kier molecular flexibility index (Phi) is 4.95. The molecule has 3 aromatic rings. The van der Waals surface area contributed by atoms with Gasteiger partial charge in [-0.3, -0.25) is 9.52 Å². The Morgan fingerprint density at radius 3 is 2.62 bits per heavy atom. The van der Waals surface area contributed by atoms with Gasteiger partial charge in [0.1, 0.15) is 20.5 Å². The maximum atomic E-state index is 12.7. The molecular formula is C18H21N5O4S2. The normalized spacial score (nSPS) is 14.5. The molecule has 0 saturated carbocycles. The predicted molar refractivity (Wildman–Crippen MR) is 108 cm³/mol. The number of likely N-dealkylation sites (tertiary alicyclic amines) is 1. The van der Waals surface area contributed by atoms with E-state index in [0.29, 0.717) is 27.0 Å². The third-order valence-corrected chi connectivity index (χ3v) is 7.25. The molecule has 29 heavy (non-hydrogen) atoms. The van der Waals surface area contributed by atoms with Crippen molar-refractivity contribution in [3.05, 3.63) is 34.7 Å². The third kappa shape index (κ3) is 3.79. The highest BCUT2D eigenvalue weighted by atomic mass is 32.2. The molecule has 1 fully saturated rings. The van der Waals surface area contributed by atoms with Crippen LogP contribution in [0.3, 0.4) is 0 Å². The van der Waals surface area contributed by atoms with E-state index in [1.54, 1.807) is 25.5 Å². The highest BCUT2D eigenvalue weighted by Gasteiger charge is 2.26. The Morgan fingerprint density at radius 1 is 1.24 bits per heavy atom. The SMILES string of the molecule is Cc1cc(NS(=O)(=O)c2cc(-c3nc(C)c(C(=O)N4CCCC4)s3)n(C)c2)no1. The summed E-state index contributed by atoms with van der Waals surface area (Å²) in [5, 5.41) is 4.26. The first kappa shape index (κ1) is 19.6. The minimum absolute atomic E-state index is 0.00567. The fourth-order valence-corrected chi connectivity index (χ4v) is 5.42. The Bertz CT molecular complexity index is 1170. The van der Waals surface area contributed by atoms with E-state index in [-0.39, 0.29) is 16.6 Å². The minimum Gasteiger partial charge on any atom is -0.360 e. The van der Waals surface area contributed by atoms with Gasteiger partial charge in [-0.25, -0.2) is 13.4 Å². The second-order valence-corrected chi connectivity index (χ2v) is 9.71. The molecule has 0 radical (unpaired) electrons. The lowest BCUT2D eigenvalue weighted by Crippen LogP contribution is -2.27. The summed E-state index contributed by atoms with van der Waals surface area (Å²) in [6.45, 7) is 5.02. The first-order chi connectivity index (χ1) is 13.7. The fourth-order valence-electron chi connectivity index (χ4n) is 3.27. The van der Waals surface area contributed by atoms with Gasteiger partial charge in [0.15, 0.2) is 5.82 Å². The first-order valence-corrected chi connectivity index (χ1v) is 11.4. The maximum Gasteiger partial charge on any atom is 0.265 e. The Labute approximate surface area is 172 Å². The van der Waals surface area contributed by atoms with Gasteiger partial charge in [0.05, 0.1) is 11.4 Å². The van der Waals surface area contributed by atoms with Gasteiger partial charge in [-0.15, -0.1) is 11.3 Å². The zero-order valence-electron chi connectivity index (χ0n) is 16.3. The molecule has 0 spiro atoms. The van der Waals surface area contributed by atoms with Gasteiger partial charge in [0.25, 0.3) is 15.9 Å². The van der Waals surface area contributed by atoms with Gasteiger partial charge in [0.2, 0.25) is 0 Å². The van der Waals surface area contributed by atoms with Crippen molar-refractivity contribution in [2.75, 3.05) is 17.8 Å². The minimum atomic E-state index is -3.83. The van der Waals surface area contributed by atoms with Crippen LogP contribution in [0.4, 0.5) is 5.82 Å². The molecule has 11 heteroatoms. The molecule has 1 saturated heterocycles. The molecule has 1 aliphatic heterocycles. The number of anilines is 1. The molecule has 0 bridgehead atoms. The second-order valence-electron chi connectivity index (χ2n) is 7.03. The standard InChI is InChI=1S/C18H21N5O4S2/c1-11-8-15(20-27-11)21-29(25,26)13-9-14(22(3)10-13)17-19-12(2)16(28-17)18(24)23-6-4-5-7-23/h8-10H,4-7H2,1-3H3,(H,20,21). The number of rotatable bonds is 5. The summed E-state index contributed by atoms with van der Waals surface area (Å²) in [4.78, 5) is 19.8. The lowest BCUT2D eigenvalue weighted by molar-refractivity contribution is 0.0796. The topological polar surface area (TPSA) is 110 Å². The van der Waals surface area contributed by atoms with E-state index in [2.05, 4.69) is 14.9 Å². The summed E-state index contributed by atoms with van der Waals surface area (Å²) in [6.07, 6.45) is 3.55. The van der Waals surface area contributed by atoms with Crippen molar-refractivity contribution in [2.24, 2.45) is 7.05 Å². The van der Waals surface area contributed by atoms with Gasteiger partial charge in [0, 0.05) is 32.4 Å². The Balaban J connectivity index is 1.63. The number of aromatic nitrogens is 3. The Morgan fingerprint density at radius 2 is 1.97 bits per heavy atom. The number of aryl methyl sites for hydroxylation is 3. The van der Waals surface area contributed by atoms with E-state index in [4.69, 9.17) is 4.52 Å². The molecule has 0 unspecified atom stereocenters. The summed E-state index contributed by atoms with van der Waals surface area (Å²) in [5.41, 5.74) is 1.28. The molecule has 4 heterocycles. The number of hydrogen-bond donors (Lipinski definition) is 1. The lowest BCUT2D eigenvalue weighted by atomic mass is 10.3. The highest BCUT2D eigenvalue weighted by Crippen LogP contribution is 2.32. The highest BCUT2D eigenvalue weighted by molar-refractivity contribution is 7.92. The van der Waals surface area contributed by atoms with Crippen molar-refractivity contribution in [3.63, 3.8) is 0 Å². The lowest BCUT2D eigenvalue weighted by Gasteiger charge is -2.13. The summed E-state index contributed by atoms with van der Waals surface area (Å²) in [7, 11) is -2.09. The molecule has 4 rings (SSSR count). The molecule has 1 N–H and O–H groups in total. The van der Waals surface area contributed by atoms with Crippen molar-refractivity contribution in [3.8, 4) is 10.7 Å². The summed E-state index contributed by atoms with van der Waals surface area (Å²) < 4.78 is 34.3. The molecule has 9 nitrogen and oxygen atoms in total. The van der Waals surface area contributed by atoms with Crippen LogP contribution in [0.5, 0.6) is 0 Å². The number of hydrogen-bond acceptors (Lipinski definition) is 7. The quantitative estimate of drug-likeness (QED) is 0.660. The van der Waals surface area contributed by atoms with Crippen molar-refractivity contribution < 1.29 is 17.7 Å². The van der Waals surface area contributed by atoms with Gasteiger partial charge in [-0.05, 0) is 32.8 Å². The first-order valence-electron chi connectivity index (χ1n) is 9.14. The van der Waals surface area contributed by atoms with E-state index in [1.807, 2.05) is 4.90 Å². The number of thiazole rings is 1. The summed E-state index contributed by atoms with van der Waals surface area (Å²) >= 11 is 1.29. The second kappa shape index (κ2) is 7.30. The average molecular weight is 436 g/mol. The van der Waals surface area contributed by atoms with E-state index in [0.717, 1.165) is 25.9 Å². The molecule has 1 aliphatic rings. The van der Waals surface area contributed by atoms with Crippen LogP contribution in [0.15, 0.2) is 27.7 Å². The van der Waals surface area contributed by atoms with Gasteiger partial charge in [-0.2, -0.15) is 0 Å². The van der Waals surface area contributed by atoms with Crippen LogP contribution in [0.1, 0.15) is 34.0 Å². The van der Waals surface area contributed by atoms with Crippen molar-refractivity contribution in [2.45, 2.75) is 31.6 Å². The molecule has 0 aliphatic carbocycles. The molecular weight excluding hydrogens is 414 g/mol. The molecule has 1 amide bonds. The van der Waals surface area contributed by atoms with Crippen LogP contribution in [-0.2, 0) is 17.1 Å². The molecule has 0 atom stereocenters.